The molecule has 8 N–H and O–H groups in total. The van der Waals surface area contributed by atoms with Gasteiger partial charge in [-0.3, -0.25) is 0 Å². The van der Waals surface area contributed by atoms with E-state index in [0.29, 0.717) is 32.2 Å². The van der Waals surface area contributed by atoms with Gasteiger partial charge in [-0.05, 0) is 89.5 Å². The third-order valence-corrected chi connectivity index (χ3v) is 5.97. The molecule has 8 heteroatoms. The van der Waals surface area contributed by atoms with Crippen LogP contribution in [0, 0.1) is 11.8 Å². The van der Waals surface area contributed by atoms with Gasteiger partial charge in [0.15, 0.2) is 0 Å². The molecule has 0 spiro atoms. The van der Waals surface area contributed by atoms with Crippen molar-refractivity contribution in [2.75, 3.05) is 65.6 Å². The maximum absolute atomic E-state index is 9.32. The minimum atomic E-state index is -0.398. The zero-order chi connectivity index (χ0) is 21.3. The molecule has 0 amide bonds. The average Bonchev–Trinajstić information content (AvgIpc) is 2.77. The average molecular weight is 419 g/mol. The number of nitrogens with two attached hydrogens (primary N) is 1. The van der Waals surface area contributed by atoms with Gasteiger partial charge in [0.05, 0.1) is 12.2 Å². The fourth-order valence-corrected chi connectivity index (χ4v) is 3.91. The number of nitrogens with one attached hydrogen (secondary N) is 2. The van der Waals surface area contributed by atoms with E-state index in [1.807, 2.05) is 0 Å². The Morgan fingerprint density at radius 2 is 1.62 bits per heavy atom. The Bertz CT molecular complexity index is 356. The van der Waals surface area contributed by atoms with Crippen molar-refractivity contribution in [3.05, 3.63) is 0 Å². The van der Waals surface area contributed by atoms with Crippen molar-refractivity contribution in [2.45, 2.75) is 57.2 Å². The van der Waals surface area contributed by atoms with Crippen molar-refractivity contribution in [1.29, 1.82) is 0 Å². The molecule has 3 aliphatic heterocycles. The summed E-state index contributed by atoms with van der Waals surface area (Å²) in [7, 11) is 0. The largest absolute Gasteiger partial charge is 0.396 e. The first-order valence-corrected chi connectivity index (χ1v) is 11.5. The van der Waals surface area contributed by atoms with Crippen LogP contribution in [-0.4, -0.2) is 103 Å². The number of aliphatic hydroxyl groups excluding tert-OH is 4. The molecule has 3 rings (SSSR count). The summed E-state index contributed by atoms with van der Waals surface area (Å²) in [4.78, 5) is 2.21. The molecule has 0 bridgehead atoms. The summed E-state index contributed by atoms with van der Waals surface area (Å²) in [5.41, 5.74) is 5.33. The molecule has 3 fully saturated rings. The van der Waals surface area contributed by atoms with Gasteiger partial charge in [0.2, 0.25) is 0 Å². The quantitative estimate of drug-likeness (QED) is 0.295. The van der Waals surface area contributed by atoms with Crippen molar-refractivity contribution >= 4 is 0 Å². The van der Waals surface area contributed by atoms with Gasteiger partial charge >= 0.3 is 0 Å². The Morgan fingerprint density at radius 1 is 0.931 bits per heavy atom. The van der Waals surface area contributed by atoms with E-state index in [4.69, 9.17) is 21.1 Å². The first kappa shape index (κ1) is 26.7. The van der Waals surface area contributed by atoms with Crippen molar-refractivity contribution < 1.29 is 20.4 Å². The van der Waals surface area contributed by atoms with Crippen LogP contribution in [-0.2, 0) is 0 Å². The first-order valence-electron chi connectivity index (χ1n) is 11.5. The molecular weight excluding hydrogens is 372 g/mol. The number of β-amino-alcohol motifs (C(OH)–C–C–N with tert-alkyl or cyclic N) is 2. The molecule has 2 atom stereocenters. The van der Waals surface area contributed by atoms with Crippen LogP contribution in [0.5, 0.6) is 0 Å². The summed E-state index contributed by atoms with van der Waals surface area (Å²) in [6.45, 7) is 7.78. The molecule has 0 aliphatic carbocycles. The minimum Gasteiger partial charge on any atom is -0.396 e. The highest BCUT2D eigenvalue weighted by molar-refractivity contribution is 4.74. The molecule has 0 aromatic rings. The van der Waals surface area contributed by atoms with Gasteiger partial charge in [-0.1, -0.05) is 0 Å². The van der Waals surface area contributed by atoms with Crippen LogP contribution in [0.4, 0.5) is 0 Å². The maximum atomic E-state index is 9.32. The summed E-state index contributed by atoms with van der Waals surface area (Å²) in [5, 5.41) is 42.1. The lowest BCUT2D eigenvalue weighted by molar-refractivity contribution is 0.0802. The van der Waals surface area contributed by atoms with Crippen LogP contribution in [0.25, 0.3) is 0 Å². The van der Waals surface area contributed by atoms with E-state index < -0.39 is 6.10 Å². The molecule has 0 saturated carbocycles. The molecule has 3 aliphatic rings. The highest BCUT2D eigenvalue weighted by Crippen LogP contribution is 2.16. The Morgan fingerprint density at radius 3 is 2.07 bits per heavy atom. The molecule has 3 saturated heterocycles. The van der Waals surface area contributed by atoms with Crippen molar-refractivity contribution in [2.24, 2.45) is 17.6 Å². The van der Waals surface area contributed by atoms with Gasteiger partial charge < -0.3 is 41.7 Å². The van der Waals surface area contributed by atoms with Crippen LogP contribution in [0.15, 0.2) is 0 Å². The normalized spacial score (nSPS) is 25.3. The standard InChI is InChI=1S/C9H20N2O2.C7H15NO.C5H11NO/c10-5-9(13)6-11-3-1-8(7-12)2-4-11;9-6-3-7-1-4-8-5-2-7;7-5-2-1-3-6-4-5/h8-9,12-13H,1-7,10H2;7-9H,1-6H2;5-7H,1-4H2. The highest BCUT2D eigenvalue weighted by atomic mass is 16.3. The molecular formula is C21H46N4O4. The van der Waals surface area contributed by atoms with Crippen LogP contribution in [0.2, 0.25) is 0 Å². The number of aliphatic hydroxyl groups is 4. The number of nitrogens with zero attached hydrogens (tertiary/aromatic N) is 1. The summed E-state index contributed by atoms with van der Waals surface area (Å²) >= 11 is 0. The van der Waals surface area contributed by atoms with E-state index in [1.165, 1.54) is 12.8 Å². The fourth-order valence-electron chi connectivity index (χ4n) is 3.91. The number of rotatable bonds is 6. The SMILES string of the molecule is NCC(O)CN1CCC(CO)CC1.OC1CCCNC1.OCCC1CCNCC1. The number of piperidine rings is 3. The third-order valence-electron chi connectivity index (χ3n) is 5.97. The van der Waals surface area contributed by atoms with E-state index in [-0.39, 0.29) is 6.10 Å². The van der Waals surface area contributed by atoms with Crippen LogP contribution >= 0.6 is 0 Å². The van der Waals surface area contributed by atoms with Crippen LogP contribution < -0.4 is 16.4 Å². The summed E-state index contributed by atoms with van der Waals surface area (Å²) in [5.74, 6) is 1.25. The van der Waals surface area contributed by atoms with Crippen LogP contribution in [0.1, 0.15) is 44.9 Å². The van der Waals surface area contributed by atoms with Crippen molar-refractivity contribution in [3.8, 4) is 0 Å². The van der Waals surface area contributed by atoms with E-state index in [2.05, 4.69) is 15.5 Å². The minimum absolute atomic E-state index is 0.0752. The second-order valence-electron chi connectivity index (χ2n) is 8.52. The van der Waals surface area contributed by atoms with Crippen LogP contribution in [0.3, 0.4) is 0 Å². The second-order valence-corrected chi connectivity index (χ2v) is 8.52. The highest BCUT2D eigenvalue weighted by Gasteiger charge is 2.19. The Hall–Kier alpha value is -0.320. The smallest absolute Gasteiger partial charge is 0.0789 e. The Labute approximate surface area is 176 Å². The lowest BCUT2D eigenvalue weighted by Gasteiger charge is -2.32. The van der Waals surface area contributed by atoms with E-state index in [0.717, 1.165) is 77.3 Å². The summed E-state index contributed by atoms with van der Waals surface area (Å²) in [6.07, 6.45) is 7.21. The topological polar surface area (TPSA) is 134 Å². The molecule has 0 aromatic heterocycles. The van der Waals surface area contributed by atoms with Crippen molar-refractivity contribution in [1.82, 2.24) is 15.5 Å². The molecule has 2 unspecified atom stereocenters. The zero-order valence-corrected chi connectivity index (χ0v) is 18.1. The monoisotopic (exact) mass is 418 g/mol. The van der Waals surface area contributed by atoms with Gasteiger partial charge in [-0.25, -0.2) is 0 Å². The molecule has 29 heavy (non-hydrogen) atoms. The maximum Gasteiger partial charge on any atom is 0.0789 e. The molecule has 0 aromatic carbocycles. The molecule has 0 radical (unpaired) electrons. The molecule has 8 nitrogen and oxygen atoms in total. The van der Waals surface area contributed by atoms with Gasteiger partial charge in [0, 0.05) is 32.8 Å². The van der Waals surface area contributed by atoms with E-state index in [1.54, 1.807) is 0 Å². The summed E-state index contributed by atoms with van der Waals surface area (Å²) in [6, 6.07) is 0. The van der Waals surface area contributed by atoms with E-state index in [9.17, 15) is 5.11 Å². The number of hydrogen-bond donors (Lipinski definition) is 7. The van der Waals surface area contributed by atoms with Gasteiger partial charge in [-0.2, -0.15) is 0 Å². The first-order chi connectivity index (χ1) is 14.1. The number of hydrogen-bond acceptors (Lipinski definition) is 8. The molecule has 3 heterocycles. The number of likely N-dealkylation sites (tertiary alicyclic amines) is 1. The fraction of sp³-hybridized carbons (Fsp3) is 1.00. The van der Waals surface area contributed by atoms with Crippen molar-refractivity contribution in [3.63, 3.8) is 0 Å². The zero-order valence-electron chi connectivity index (χ0n) is 18.1. The Balaban J connectivity index is 0.000000229. The summed E-state index contributed by atoms with van der Waals surface area (Å²) < 4.78 is 0. The third kappa shape index (κ3) is 13.6. The predicted octanol–water partition coefficient (Wildman–Crippen LogP) is -0.891. The molecule has 174 valence electrons. The second kappa shape index (κ2) is 17.4. The lowest BCUT2D eigenvalue weighted by atomic mass is 9.95. The van der Waals surface area contributed by atoms with Gasteiger partial charge in [-0.15, -0.1) is 0 Å². The van der Waals surface area contributed by atoms with Gasteiger partial charge in [0.25, 0.3) is 0 Å². The Kier molecular flexibility index (Phi) is 16.0. The predicted molar refractivity (Wildman–Crippen MR) is 117 cm³/mol. The van der Waals surface area contributed by atoms with E-state index >= 15 is 0 Å². The lowest BCUT2D eigenvalue weighted by Crippen LogP contribution is -2.41. The van der Waals surface area contributed by atoms with Gasteiger partial charge in [0.1, 0.15) is 0 Å².